The van der Waals surface area contributed by atoms with E-state index in [4.69, 9.17) is 18.8 Å². The molecule has 248 valence electrons. The molecule has 52 heavy (non-hydrogen) atoms. The largest absolute Gasteiger partial charge is 0.455 e. The van der Waals surface area contributed by atoms with Gasteiger partial charge in [-0.2, -0.15) is 0 Å². The summed E-state index contributed by atoms with van der Waals surface area (Å²) < 4.78 is 15.3. The van der Waals surface area contributed by atoms with E-state index in [1.807, 2.05) is 98.0 Å². The van der Waals surface area contributed by atoms with Crippen molar-refractivity contribution in [2.24, 2.45) is 0 Å². The lowest BCUT2D eigenvalue weighted by atomic mass is 10.0. The fraction of sp³-hybridized carbons (Fsp3) is 0.0213. The van der Waals surface area contributed by atoms with Crippen molar-refractivity contribution in [3.63, 3.8) is 0 Å². The van der Waals surface area contributed by atoms with E-state index in [0.29, 0.717) is 17.1 Å². The summed E-state index contributed by atoms with van der Waals surface area (Å²) in [6.45, 7) is 14.3. The average molecular weight is 672 g/mol. The summed E-state index contributed by atoms with van der Waals surface area (Å²) in [5, 5.41) is 4.07. The van der Waals surface area contributed by atoms with E-state index in [2.05, 4.69) is 72.8 Å². The number of aromatic nitrogens is 3. The number of rotatable bonds is 8. The maximum Gasteiger partial charge on any atom is 0.180 e. The Morgan fingerprint density at radius 1 is 0.654 bits per heavy atom. The molecule has 9 aromatic rings. The van der Waals surface area contributed by atoms with Crippen LogP contribution in [0.4, 0.5) is 0 Å². The third-order valence-corrected chi connectivity index (χ3v) is 9.66. The Hall–Kier alpha value is -6.98. The van der Waals surface area contributed by atoms with Gasteiger partial charge in [0.05, 0.1) is 11.2 Å². The molecule has 4 aromatic heterocycles. The number of benzene rings is 5. The molecule has 9 rings (SSSR count). The number of fused-ring (bicyclic) bond motifs is 7. The van der Waals surface area contributed by atoms with Gasteiger partial charge in [-0.3, -0.25) is 0 Å². The van der Waals surface area contributed by atoms with Crippen LogP contribution in [0.25, 0.3) is 107 Å². The molecular weight excluding hydrogens is 639 g/mol. The zero-order chi connectivity index (χ0) is 35.3. The first-order valence-corrected chi connectivity index (χ1v) is 17.2. The number of nitrogens with zero attached hydrogens (tertiary/aromatic N) is 3. The fourth-order valence-electron chi connectivity index (χ4n) is 7.36. The molecule has 0 spiro atoms. The first-order chi connectivity index (χ1) is 25.6. The van der Waals surface area contributed by atoms with Crippen molar-refractivity contribution in [1.82, 2.24) is 14.5 Å². The van der Waals surface area contributed by atoms with Crippen LogP contribution in [-0.4, -0.2) is 14.5 Å². The molecule has 0 amide bonds. The third kappa shape index (κ3) is 4.78. The molecule has 0 aliphatic heterocycles. The van der Waals surface area contributed by atoms with Gasteiger partial charge in [-0.1, -0.05) is 111 Å². The summed E-state index contributed by atoms with van der Waals surface area (Å²) in [6.07, 6.45) is 11.7. The van der Waals surface area contributed by atoms with Gasteiger partial charge in [0.2, 0.25) is 0 Å². The van der Waals surface area contributed by atoms with Gasteiger partial charge >= 0.3 is 0 Å². The lowest BCUT2D eigenvalue weighted by molar-refractivity contribution is 0.663. The van der Waals surface area contributed by atoms with E-state index >= 15 is 0 Å². The molecule has 5 heteroatoms. The van der Waals surface area contributed by atoms with Crippen molar-refractivity contribution in [2.75, 3.05) is 0 Å². The molecule has 0 saturated heterocycles. The predicted molar refractivity (Wildman–Crippen MR) is 218 cm³/mol. The van der Waals surface area contributed by atoms with Crippen LogP contribution >= 0.6 is 0 Å². The smallest absolute Gasteiger partial charge is 0.180 e. The van der Waals surface area contributed by atoms with Gasteiger partial charge in [-0.25, -0.2) is 9.97 Å². The van der Waals surface area contributed by atoms with Crippen molar-refractivity contribution in [1.29, 1.82) is 0 Å². The van der Waals surface area contributed by atoms with Crippen LogP contribution in [-0.2, 0) is 0 Å². The summed E-state index contributed by atoms with van der Waals surface area (Å²) in [5.41, 5.74) is 12.3. The van der Waals surface area contributed by atoms with Crippen molar-refractivity contribution in [2.45, 2.75) is 6.92 Å². The van der Waals surface area contributed by atoms with Crippen molar-refractivity contribution in [3.05, 3.63) is 164 Å². The molecule has 0 atom stereocenters. The second-order valence-electron chi connectivity index (χ2n) is 12.6. The minimum atomic E-state index is 0.613. The van der Waals surface area contributed by atoms with E-state index in [0.717, 1.165) is 88.5 Å². The van der Waals surface area contributed by atoms with Gasteiger partial charge in [0.1, 0.15) is 28.0 Å². The molecule has 0 aliphatic rings. The average Bonchev–Trinajstić information content (AvgIpc) is 3.86. The van der Waals surface area contributed by atoms with Crippen LogP contribution in [0.5, 0.6) is 0 Å². The number of furan rings is 2. The normalized spacial score (nSPS) is 12.2. The molecule has 0 bridgehead atoms. The van der Waals surface area contributed by atoms with Gasteiger partial charge in [-0.15, -0.1) is 0 Å². The molecule has 0 unspecified atom stereocenters. The van der Waals surface area contributed by atoms with E-state index in [9.17, 15) is 0 Å². The van der Waals surface area contributed by atoms with Crippen LogP contribution in [0, 0.1) is 0 Å². The number of para-hydroxylation sites is 2. The highest BCUT2D eigenvalue weighted by Gasteiger charge is 2.22. The molecule has 0 saturated carbocycles. The van der Waals surface area contributed by atoms with E-state index in [-0.39, 0.29) is 0 Å². The lowest BCUT2D eigenvalue weighted by Crippen LogP contribution is -1.97. The summed E-state index contributed by atoms with van der Waals surface area (Å²) in [5.74, 6) is 0.615. The summed E-state index contributed by atoms with van der Waals surface area (Å²) in [6, 6.07) is 37.1. The van der Waals surface area contributed by atoms with E-state index in [1.54, 1.807) is 6.08 Å². The predicted octanol–water partition coefficient (Wildman–Crippen LogP) is 13.1. The highest BCUT2D eigenvalue weighted by atomic mass is 16.3. The Morgan fingerprint density at radius 3 is 2.17 bits per heavy atom. The number of hydrogen-bond acceptors (Lipinski definition) is 4. The molecule has 4 heterocycles. The lowest BCUT2D eigenvalue weighted by Gasteiger charge is -2.10. The first kappa shape index (κ1) is 31.0. The molecule has 0 fully saturated rings. The first-order valence-electron chi connectivity index (χ1n) is 17.2. The Balaban J connectivity index is 1.28. The van der Waals surface area contributed by atoms with Crippen LogP contribution in [0.1, 0.15) is 18.2 Å². The van der Waals surface area contributed by atoms with Crippen molar-refractivity contribution < 1.29 is 8.83 Å². The minimum absolute atomic E-state index is 0.613. The Labute approximate surface area is 300 Å². The summed E-state index contributed by atoms with van der Waals surface area (Å²) in [4.78, 5) is 10.3. The van der Waals surface area contributed by atoms with Crippen molar-refractivity contribution in [3.8, 4) is 33.8 Å². The van der Waals surface area contributed by atoms with Gasteiger partial charge in [0.25, 0.3) is 0 Å². The van der Waals surface area contributed by atoms with Gasteiger partial charge < -0.3 is 13.4 Å². The van der Waals surface area contributed by atoms with Crippen LogP contribution < -0.4 is 0 Å². The standard InChI is InChI=1S/C47H33N3O2/c1-5-15-32(16-6-2)50-39(8-4)33(7-3)37-27-30(23-25-40(37)50)31-24-26-42-38(28-31)44-46(52-42)43(48-47(49-44)29-17-10-9-11-18-29)36-21-14-20-35-34-19-12-13-22-41(34)51-45(35)36/h5-28H,1,3-4H2,2H3/b16-6-,32-15+. The van der Waals surface area contributed by atoms with Crippen LogP contribution in [0.3, 0.4) is 0 Å². The number of allylic oxidation sites excluding steroid dienone is 5. The third-order valence-electron chi connectivity index (χ3n) is 9.66. The topological polar surface area (TPSA) is 57.0 Å². The van der Waals surface area contributed by atoms with E-state index in [1.165, 1.54) is 0 Å². The highest BCUT2D eigenvalue weighted by Crippen LogP contribution is 2.42. The summed E-state index contributed by atoms with van der Waals surface area (Å²) >= 11 is 0. The van der Waals surface area contributed by atoms with Gasteiger partial charge in [-0.05, 0) is 72.7 Å². The maximum atomic E-state index is 6.64. The fourth-order valence-corrected chi connectivity index (χ4v) is 7.36. The van der Waals surface area contributed by atoms with Crippen LogP contribution in [0.15, 0.2) is 162 Å². The molecule has 0 aliphatic carbocycles. The molecule has 0 N–H and O–H groups in total. The quantitative estimate of drug-likeness (QED) is 0.151. The highest BCUT2D eigenvalue weighted by molar-refractivity contribution is 6.14. The van der Waals surface area contributed by atoms with Crippen molar-refractivity contribution >= 4 is 72.8 Å². The molecule has 5 nitrogen and oxygen atoms in total. The van der Waals surface area contributed by atoms with Crippen LogP contribution in [0.2, 0.25) is 0 Å². The second kappa shape index (κ2) is 12.4. The molecule has 0 radical (unpaired) electrons. The van der Waals surface area contributed by atoms with E-state index < -0.39 is 0 Å². The zero-order valence-electron chi connectivity index (χ0n) is 28.6. The molecular formula is C47H33N3O2. The Kier molecular flexibility index (Phi) is 7.41. The number of hydrogen-bond donors (Lipinski definition) is 0. The Morgan fingerprint density at radius 2 is 1.38 bits per heavy atom. The second-order valence-corrected chi connectivity index (χ2v) is 12.6. The Bertz CT molecular complexity index is 2970. The van der Waals surface area contributed by atoms with Gasteiger partial charge in [0, 0.05) is 43.9 Å². The minimum Gasteiger partial charge on any atom is -0.455 e. The molecule has 5 aromatic carbocycles. The summed E-state index contributed by atoms with van der Waals surface area (Å²) in [7, 11) is 0. The monoisotopic (exact) mass is 671 g/mol. The zero-order valence-corrected chi connectivity index (χ0v) is 28.6. The maximum absolute atomic E-state index is 6.64. The van der Waals surface area contributed by atoms with Gasteiger partial charge in [0.15, 0.2) is 11.4 Å². The SMILES string of the molecule is C=C/C=C(\C=C/C)n1c(C=C)c(C=C)c2cc(-c3ccc4oc5c(-c6cccc7c6oc6ccccc67)nc(-c6ccccc6)nc5c4c3)ccc21.